The van der Waals surface area contributed by atoms with E-state index in [9.17, 15) is 14.7 Å². The zero-order valence-electron chi connectivity index (χ0n) is 17.1. The van der Waals surface area contributed by atoms with E-state index in [1.165, 1.54) is 11.3 Å². The number of aliphatic hydroxyl groups excluding tert-OH is 1. The quantitative estimate of drug-likeness (QED) is 0.474. The number of pyridine rings is 1. The second-order valence-corrected chi connectivity index (χ2v) is 9.26. The molecule has 0 aliphatic heterocycles. The molecule has 1 unspecified atom stereocenters. The Balaban J connectivity index is 1.97. The molecule has 158 valence electrons. The maximum atomic E-state index is 13.2. The first-order chi connectivity index (χ1) is 14.2. The number of fused-ring (bicyclic) bond motifs is 1. The topological polar surface area (TPSA) is 112 Å². The predicted octanol–water partition coefficient (Wildman–Crippen LogP) is 4.08. The molecule has 2 amide bonds. The predicted molar refractivity (Wildman–Crippen MR) is 118 cm³/mol. The van der Waals surface area contributed by atoms with E-state index in [2.05, 4.69) is 36.4 Å². The van der Waals surface area contributed by atoms with E-state index < -0.39 is 12.0 Å². The van der Waals surface area contributed by atoms with Crippen molar-refractivity contribution in [2.45, 2.75) is 38.7 Å². The molecule has 0 radical (unpaired) electrons. The van der Waals surface area contributed by atoms with Gasteiger partial charge in [0.15, 0.2) is 0 Å². The Hall–Kier alpha value is -2.97. The summed E-state index contributed by atoms with van der Waals surface area (Å²) in [4.78, 5) is 29.8. The lowest BCUT2D eigenvalue weighted by Gasteiger charge is -2.25. The third kappa shape index (κ3) is 4.95. The molecule has 0 bridgehead atoms. The van der Waals surface area contributed by atoms with Crippen LogP contribution >= 0.6 is 11.3 Å². The van der Waals surface area contributed by atoms with Gasteiger partial charge in [-0.3, -0.25) is 9.78 Å². The molecule has 7 nitrogen and oxygen atoms in total. The summed E-state index contributed by atoms with van der Waals surface area (Å²) in [5.41, 5.74) is 1.42. The average Bonchev–Trinajstić information content (AvgIpc) is 3.15. The Morgan fingerprint density at radius 2 is 1.93 bits per heavy atom. The molecule has 2 aromatic heterocycles. The first-order valence-electron chi connectivity index (χ1n) is 9.54. The van der Waals surface area contributed by atoms with Crippen LogP contribution in [0.15, 0.2) is 42.7 Å². The van der Waals surface area contributed by atoms with Gasteiger partial charge in [0.1, 0.15) is 0 Å². The highest BCUT2D eigenvalue weighted by Crippen LogP contribution is 2.34. The van der Waals surface area contributed by atoms with Gasteiger partial charge in [-0.25, -0.2) is 4.79 Å². The second kappa shape index (κ2) is 8.81. The van der Waals surface area contributed by atoms with Crippen LogP contribution < -0.4 is 10.6 Å². The number of amides is 2. The molecule has 0 saturated carbocycles. The lowest BCUT2D eigenvalue weighted by Crippen LogP contribution is -2.33. The van der Waals surface area contributed by atoms with Gasteiger partial charge in [0, 0.05) is 39.8 Å². The SMILES string of the molecule is CC(C)(C)c1cc2cnccc2cc1NC(=O)C(CNC(=O)O)c1ccc(CO)s1. The van der Waals surface area contributed by atoms with Crippen LogP contribution in [0.2, 0.25) is 0 Å². The monoisotopic (exact) mass is 427 g/mol. The van der Waals surface area contributed by atoms with Crippen molar-refractivity contribution < 1.29 is 19.8 Å². The van der Waals surface area contributed by atoms with Crippen molar-refractivity contribution in [1.29, 1.82) is 0 Å². The zero-order chi connectivity index (χ0) is 21.9. The number of hydrogen-bond acceptors (Lipinski definition) is 5. The molecule has 0 saturated heterocycles. The summed E-state index contributed by atoms with van der Waals surface area (Å²) in [5.74, 6) is -1.03. The summed E-state index contributed by atoms with van der Waals surface area (Å²) in [6, 6.07) is 9.32. The number of benzene rings is 1. The van der Waals surface area contributed by atoms with E-state index in [1.54, 1.807) is 24.5 Å². The Morgan fingerprint density at radius 1 is 1.17 bits per heavy atom. The van der Waals surface area contributed by atoms with E-state index in [0.717, 1.165) is 16.3 Å². The standard InChI is InChI=1S/C22H25N3O4S/c1-22(2,3)17-8-14-10-23-7-6-13(14)9-18(17)25-20(27)16(11-24-21(28)29)19-5-4-15(12-26)30-19/h4-10,16,24,26H,11-12H2,1-3H3,(H,25,27)(H,28,29). The van der Waals surface area contributed by atoms with Crippen LogP contribution in [0.1, 0.15) is 42.0 Å². The lowest BCUT2D eigenvalue weighted by molar-refractivity contribution is -0.117. The van der Waals surface area contributed by atoms with Crippen LogP contribution in [0.25, 0.3) is 10.8 Å². The number of nitrogens with zero attached hydrogens (tertiary/aromatic N) is 1. The van der Waals surface area contributed by atoms with Crippen molar-refractivity contribution in [3.63, 3.8) is 0 Å². The van der Waals surface area contributed by atoms with Gasteiger partial charge in [-0.2, -0.15) is 0 Å². The fraction of sp³-hybridized carbons (Fsp3) is 0.318. The number of carboxylic acid groups (broad SMARTS) is 1. The Morgan fingerprint density at radius 3 is 2.57 bits per heavy atom. The van der Waals surface area contributed by atoms with Crippen molar-refractivity contribution in [3.05, 3.63) is 58.0 Å². The van der Waals surface area contributed by atoms with Crippen molar-refractivity contribution in [3.8, 4) is 0 Å². The number of nitrogens with one attached hydrogen (secondary N) is 2. The van der Waals surface area contributed by atoms with Crippen molar-refractivity contribution >= 4 is 39.8 Å². The number of carbonyl (C=O) groups excluding carboxylic acids is 1. The highest BCUT2D eigenvalue weighted by atomic mass is 32.1. The first-order valence-corrected chi connectivity index (χ1v) is 10.4. The van der Waals surface area contributed by atoms with E-state index in [1.807, 2.05) is 18.2 Å². The summed E-state index contributed by atoms with van der Waals surface area (Å²) in [7, 11) is 0. The van der Waals surface area contributed by atoms with E-state index in [4.69, 9.17) is 5.11 Å². The lowest BCUT2D eigenvalue weighted by atomic mass is 9.84. The Labute approximate surface area is 178 Å². The Kier molecular flexibility index (Phi) is 6.38. The van der Waals surface area contributed by atoms with Gasteiger partial charge in [-0.1, -0.05) is 20.8 Å². The molecular weight excluding hydrogens is 402 g/mol. The molecule has 0 aliphatic rings. The molecule has 1 atom stereocenters. The first kappa shape index (κ1) is 21.7. The van der Waals surface area contributed by atoms with Crippen LogP contribution in [0, 0.1) is 0 Å². The third-order valence-corrected chi connectivity index (χ3v) is 5.98. The van der Waals surface area contributed by atoms with Gasteiger partial charge < -0.3 is 20.8 Å². The van der Waals surface area contributed by atoms with Gasteiger partial charge in [0.2, 0.25) is 5.91 Å². The van der Waals surface area contributed by atoms with Crippen LogP contribution in [0.3, 0.4) is 0 Å². The summed E-state index contributed by atoms with van der Waals surface area (Å²) < 4.78 is 0. The van der Waals surface area contributed by atoms with Crippen LogP contribution in [-0.4, -0.2) is 33.7 Å². The summed E-state index contributed by atoms with van der Waals surface area (Å²) >= 11 is 1.29. The number of anilines is 1. The molecule has 3 rings (SSSR count). The van der Waals surface area contributed by atoms with E-state index in [0.29, 0.717) is 15.4 Å². The maximum absolute atomic E-state index is 13.2. The summed E-state index contributed by atoms with van der Waals surface area (Å²) in [6.45, 7) is 6.01. The van der Waals surface area contributed by atoms with E-state index >= 15 is 0 Å². The molecule has 0 spiro atoms. The van der Waals surface area contributed by atoms with Crippen molar-refractivity contribution in [1.82, 2.24) is 10.3 Å². The smallest absolute Gasteiger partial charge is 0.404 e. The molecule has 4 N–H and O–H groups in total. The molecule has 8 heteroatoms. The van der Waals surface area contributed by atoms with Crippen LogP contribution in [-0.2, 0) is 16.8 Å². The van der Waals surface area contributed by atoms with Crippen LogP contribution in [0.5, 0.6) is 0 Å². The second-order valence-electron chi connectivity index (χ2n) is 8.06. The van der Waals surface area contributed by atoms with Gasteiger partial charge in [-0.15, -0.1) is 11.3 Å². The summed E-state index contributed by atoms with van der Waals surface area (Å²) in [5, 5.41) is 25.6. The number of aliphatic hydroxyl groups is 1. The molecule has 2 heterocycles. The minimum absolute atomic E-state index is 0.0606. The minimum atomic E-state index is -1.19. The number of carbonyl (C=O) groups is 2. The molecular formula is C22H25N3O4S. The van der Waals surface area contributed by atoms with Crippen LogP contribution in [0.4, 0.5) is 10.5 Å². The highest BCUT2D eigenvalue weighted by molar-refractivity contribution is 7.12. The molecule has 1 aromatic carbocycles. The number of hydrogen-bond donors (Lipinski definition) is 4. The molecule has 0 fully saturated rings. The maximum Gasteiger partial charge on any atom is 0.404 e. The average molecular weight is 428 g/mol. The molecule has 30 heavy (non-hydrogen) atoms. The zero-order valence-corrected chi connectivity index (χ0v) is 17.9. The van der Waals surface area contributed by atoms with Gasteiger partial charge in [0.25, 0.3) is 0 Å². The van der Waals surface area contributed by atoms with Gasteiger partial charge in [0.05, 0.1) is 12.5 Å². The molecule has 3 aromatic rings. The van der Waals surface area contributed by atoms with E-state index in [-0.39, 0.29) is 24.5 Å². The normalized spacial score (nSPS) is 12.5. The number of aromatic nitrogens is 1. The molecule has 0 aliphatic carbocycles. The highest BCUT2D eigenvalue weighted by Gasteiger charge is 2.26. The fourth-order valence-corrected chi connectivity index (χ4v) is 4.23. The number of rotatable bonds is 6. The number of thiophene rings is 1. The van der Waals surface area contributed by atoms with Gasteiger partial charge >= 0.3 is 6.09 Å². The fourth-order valence-electron chi connectivity index (χ4n) is 3.26. The van der Waals surface area contributed by atoms with Gasteiger partial charge in [-0.05, 0) is 46.7 Å². The summed E-state index contributed by atoms with van der Waals surface area (Å²) in [6.07, 6.45) is 2.30. The largest absolute Gasteiger partial charge is 0.465 e. The Bertz CT molecular complexity index is 1070. The third-order valence-electron chi connectivity index (χ3n) is 4.80. The minimum Gasteiger partial charge on any atom is -0.465 e. The van der Waals surface area contributed by atoms with Crippen molar-refractivity contribution in [2.24, 2.45) is 0 Å². The van der Waals surface area contributed by atoms with Crippen molar-refractivity contribution in [2.75, 3.05) is 11.9 Å².